The highest BCUT2D eigenvalue weighted by atomic mass is 32.2. The molecule has 4 heteroatoms. The van der Waals surface area contributed by atoms with Crippen LogP contribution in [0.15, 0.2) is 41.3 Å². The molecule has 0 saturated carbocycles. The van der Waals surface area contributed by atoms with Crippen LogP contribution in [0.1, 0.15) is 9.75 Å². The van der Waals surface area contributed by atoms with Gasteiger partial charge in [0.05, 0.1) is 4.88 Å². The number of benzene rings is 1. The Labute approximate surface area is 121 Å². The van der Waals surface area contributed by atoms with Crippen LogP contribution >= 0.6 is 23.1 Å². The smallest absolute Gasteiger partial charge is 0.133 e. The van der Waals surface area contributed by atoms with Crippen LogP contribution in [0.25, 0.3) is 0 Å². The molecule has 0 fully saturated rings. The molecule has 1 N–H and O–H groups in total. The third kappa shape index (κ3) is 4.03. The molecule has 0 bridgehead atoms. The average Bonchev–Trinajstić information content (AvgIpc) is 2.91. The maximum atomic E-state index is 8.65. The first kappa shape index (κ1) is 14.0. The molecule has 0 aliphatic heterocycles. The van der Waals surface area contributed by atoms with Gasteiger partial charge in [-0.3, -0.25) is 0 Å². The molecular formula is C15H14O2S2. The van der Waals surface area contributed by atoms with Crippen LogP contribution < -0.4 is 4.74 Å². The van der Waals surface area contributed by atoms with Crippen molar-refractivity contribution in [2.75, 3.05) is 12.9 Å². The van der Waals surface area contributed by atoms with E-state index in [0.717, 1.165) is 20.4 Å². The molecule has 0 amide bonds. The second-order valence-electron chi connectivity index (χ2n) is 3.67. The van der Waals surface area contributed by atoms with Crippen LogP contribution in [0.3, 0.4) is 0 Å². The molecular weight excluding hydrogens is 276 g/mol. The Hall–Kier alpha value is -1.41. The van der Waals surface area contributed by atoms with Crippen LogP contribution in [-0.2, 0) is 6.61 Å². The SMILES string of the molecule is CSc1ccccc1OCc1ccc(C#CCO)s1. The van der Waals surface area contributed by atoms with Crippen molar-refractivity contribution >= 4 is 23.1 Å². The normalized spacial score (nSPS) is 9.79. The first-order valence-electron chi connectivity index (χ1n) is 5.77. The van der Waals surface area contributed by atoms with Gasteiger partial charge >= 0.3 is 0 Å². The van der Waals surface area contributed by atoms with Gasteiger partial charge in [-0.1, -0.05) is 24.0 Å². The molecule has 0 saturated heterocycles. The lowest BCUT2D eigenvalue weighted by atomic mass is 10.3. The zero-order chi connectivity index (χ0) is 13.5. The van der Waals surface area contributed by atoms with Crippen molar-refractivity contribution in [2.45, 2.75) is 11.5 Å². The summed E-state index contributed by atoms with van der Waals surface area (Å²) in [5, 5.41) is 8.65. The number of hydrogen-bond donors (Lipinski definition) is 1. The fraction of sp³-hybridized carbons (Fsp3) is 0.200. The van der Waals surface area contributed by atoms with E-state index in [-0.39, 0.29) is 6.61 Å². The minimum absolute atomic E-state index is 0.106. The van der Waals surface area contributed by atoms with Crippen LogP contribution in [0.2, 0.25) is 0 Å². The largest absolute Gasteiger partial charge is 0.487 e. The molecule has 0 radical (unpaired) electrons. The van der Waals surface area contributed by atoms with Crippen molar-refractivity contribution < 1.29 is 9.84 Å². The van der Waals surface area contributed by atoms with Gasteiger partial charge in [0, 0.05) is 9.77 Å². The quantitative estimate of drug-likeness (QED) is 0.691. The second kappa shape index (κ2) is 7.25. The molecule has 1 heterocycles. The van der Waals surface area contributed by atoms with E-state index in [0.29, 0.717) is 6.61 Å². The summed E-state index contributed by atoms with van der Waals surface area (Å²) in [5.41, 5.74) is 0. The third-order valence-corrected chi connectivity index (χ3v) is 4.14. The van der Waals surface area contributed by atoms with Crippen molar-refractivity contribution in [3.05, 3.63) is 46.2 Å². The summed E-state index contributed by atoms with van der Waals surface area (Å²) < 4.78 is 5.82. The van der Waals surface area contributed by atoms with Crippen molar-refractivity contribution in [3.8, 4) is 17.6 Å². The molecule has 19 heavy (non-hydrogen) atoms. The summed E-state index contributed by atoms with van der Waals surface area (Å²) in [6.07, 6.45) is 2.04. The molecule has 0 unspecified atom stereocenters. The number of aliphatic hydroxyl groups excluding tert-OH is 1. The predicted octanol–water partition coefficient (Wildman–Crippen LogP) is 3.39. The standard InChI is InChI=1S/C15H14O2S2/c1-18-15-7-3-2-6-14(15)17-11-13-9-8-12(19-13)5-4-10-16/h2-3,6-9,16H,10-11H2,1H3. The number of thioether (sulfide) groups is 1. The average molecular weight is 290 g/mol. The van der Waals surface area contributed by atoms with Gasteiger partial charge in [-0.25, -0.2) is 0 Å². The van der Waals surface area contributed by atoms with E-state index in [1.54, 1.807) is 23.1 Å². The van der Waals surface area contributed by atoms with Gasteiger partial charge in [0.25, 0.3) is 0 Å². The molecule has 1 aromatic carbocycles. The third-order valence-electron chi connectivity index (χ3n) is 2.39. The number of rotatable bonds is 4. The lowest BCUT2D eigenvalue weighted by Crippen LogP contribution is -1.93. The van der Waals surface area contributed by atoms with Gasteiger partial charge in [0.15, 0.2) is 0 Å². The van der Waals surface area contributed by atoms with Crippen LogP contribution in [0.4, 0.5) is 0 Å². The van der Waals surface area contributed by atoms with E-state index in [9.17, 15) is 0 Å². The molecule has 2 rings (SSSR count). The number of thiophene rings is 1. The lowest BCUT2D eigenvalue weighted by Gasteiger charge is -2.08. The molecule has 0 spiro atoms. The van der Waals surface area contributed by atoms with E-state index >= 15 is 0 Å². The van der Waals surface area contributed by atoms with E-state index in [4.69, 9.17) is 9.84 Å². The summed E-state index contributed by atoms with van der Waals surface area (Å²) in [6, 6.07) is 12.0. The summed E-state index contributed by atoms with van der Waals surface area (Å²) in [4.78, 5) is 3.21. The Balaban J connectivity index is 2.00. The molecule has 1 aromatic heterocycles. The maximum absolute atomic E-state index is 8.65. The number of hydrogen-bond acceptors (Lipinski definition) is 4. The highest BCUT2D eigenvalue weighted by Crippen LogP contribution is 2.28. The van der Waals surface area contributed by atoms with E-state index < -0.39 is 0 Å². The van der Waals surface area contributed by atoms with Gasteiger partial charge in [0.1, 0.15) is 19.0 Å². The van der Waals surface area contributed by atoms with Crippen molar-refractivity contribution in [1.82, 2.24) is 0 Å². The zero-order valence-corrected chi connectivity index (χ0v) is 12.2. The molecule has 0 aliphatic rings. The van der Waals surface area contributed by atoms with Gasteiger partial charge < -0.3 is 9.84 Å². The summed E-state index contributed by atoms with van der Waals surface area (Å²) in [5.74, 6) is 6.44. The van der Waals surface area contributed by atoms with Gasteiger partial charge in [-0.2, -0.15) is 0 Å². The van der Waals surface area contributed by atoms with Crippen molar-refractivity contribution in [1.29, 1.82) is 0 Å². The second-order valence-corrected chi connectivity index (χ2v) is 5.68. The minimum atomic E-state index is -0.106. The minimum Gasteiger partial charge on any atom is -0.487 e. The fourth-order valence-corrected chi connectivity index (χ4v) is 2.87. The molecule has 0 aliphatic carbocycles. The Morgan fingerprint density at radius 3 is 2.89 bits per heavy atom. The number of ether oxygens (including phenoxy) is 1. The van der Waals surface area contributed by atoms with Crippen LogP contribution in [0, 0.1) is 11.8 Å². The van der Waals surface area contributed by atoms with E-state index in [2.05, 4.69) is 11.8 Å². The number of aliphatic hydroxyl groups is 1. The Morgan fingerprint density at radius 1 is 1.26 bits per heavy atom. The first-order valence-corrected chi connectivity index (χ1v) is 7.82. The highest BCUT2D eigenvalue weighted by molar-refractivity contribution is 7.98. The number of para-hydroxylation sites is 1. The van der Waals surface area contributed by atoms with Crippen LogP contribution in [0.5, 0.6) is 5.75 Å². The fourth-order valence-electron chi connectivity index (χ4n) is 1.54. The van der Waals surface area contributed by atoms with Gasteiger partial charge in [-0.15, -0.1) is 23.1 Å². The maximum Gasteiger partial charge on any atom is 0.133 e. The topological polar surface area (TPSA) is 29.5 Å². The summed E-state index contributed by atoms with van der Waals surface area (Å²) in [6.45, 7) is 0.438. The Morgan fingerprint density at radius 2 is 2.11 bits per heavy atom. The Bertz CT molecular complexity index is 593. The molecule has 2 nitrogen and oxygen atoms in total. The van der Waals surface area contributed by atoms with E-state index in [1.807, 2.05) is 42.7 Å². The highest BCUT2D eigenvalue weighted by Gasteiger charge is 2.03. The first-order chi connectivity index (χ1) is 9.33. The van der Waals surface area contributed by atoms with Gasteiger partial charge in [0.2, 0.25) is 0 Å². The van der Waals surface area contributed by atoms with Crippen molar-refractivity contribution in [3.63, 3.8) is 0 Å². The van der Waals surface area contributed by atoms with Gasteiger partial charge in [-0.05, 0) is 30.5 Å². The zero-order valence-electron chi connectivity index (χ0n) is 10.6. The van der Waals surface area contributed by atoms with Crippen LogP contribution in [-0.4, -0.2) is 18.0 Å². The molecule has 0 atom stereocenters. The molecule has 98 valence electrons. The Kier molecular flexibility index (Phi) is 5.34. The summed E-state index contributed by atoms with van der Waals surface area (Å²) >= 11 is 3.26. The monoisotopic (exact) mass is 290 g/mol. The lowest BCUT2D eigenvalue weighted by molar-refractivity contribution is 0.302. The van der Waals surface area contributed by atoms with Crippen molar-refractivity contribution in [2.24, 2.45) is 0 Å². The predicted molar refractivity (Wildman–Crippen MR) is 80.8 cm³/mol. The summed E-state index contributed by atoms with van der Waals surface area (Å²) in [7, 11) is 0. The molecule has 2 aromatic rings. The van der Waals surface area contributed by atoms with E-state index in [1.165, 1.54) is 0 Å².